The van der Waals surface area contributed by atoms with Gasteiger partial charge < -0.3 is 29.4 Å². The summed E-state index contributed by atoms with van der Waals surface area (Å²) in [6.07, 6.45) is 0.547. The minimum atomic E-state index is -5.93. The van der Waals surface area contributed by atoms with Gasteiger partial charge in [-0.25, -0.2) is 27.3 Å². The first-order valence-electron chi connectivity index (χ1n) is 7.65. The molecule has 0 aliphatic carbocycles. The molecule has 1 saturated heterocycles. The van der Waals surface area contributed by atoms with Gasteiger partial charge >= 0.3 is 29.2 Å². The highest BCUT2D eigenvalue weighted by molar-refractivity contribution is 7.71. The third-order valence-electron chi connectivity index (χ3n) is 3.64. The second-order valence-corrected chi connectivity index (χ2v) is 10.8. The van der Waals surface area contributed by atoms with Crippen molar-refractivity contribution in [2.75, 3.05) is 6.61 Å². The lowest BCUT2D eigenvalue weighted by Crippen LogP contribution is -2.48. The standard InChI is InChI=1S/C11H13F2N2O13P3S/c1-2-10(12)7(16)11(13,26-8(10)15-4-3-6(32)14-9(15)17)5-25-30(21,22)28-31(23,24)27-29(18,19)20/h1,3-4,7-8,16H,5H2,(H,21,22)(H,23,24)(H,14,17,32)(H2,18,19,20)/t7-,8-,10?,11-/m1/s1. The number of ether oxygens (including phenoxy) is 1. The van der Waals surface area contributed by atoms with Crippen molar-refractivity contribution in [3.63, 3.8) is 0 Å². The van der Waals surface area contributed by atoms with Gasteiger partial charge in [-0.3, -0.25) is 14.1 Å². The van der Waals surface area contributed by atoms with E-state index in [0.29, 0.717) is 4.57 Å². The highest BCUT2D eigenvalue weighted by Gasteiger charge is 2.67. The summed E-state index contributed by atoms with van der Waals surface area (Å²) in [7, 11) is -17.5. The zero-order chi connectivity index (χ0) is 24.8. The van der Waals surface area contributed by atoms with Crippen LogP contribution in [0, 0.1) is 17.0 Å². The van der Waals surface area contributed by atoms with Crippen LogP contribution in [0.5, 0.6) is 0 Å². The molecule has 0 aromatic carbocycles. The Kier molecular flexibility index (Phi) is 7.53. The van der Waals surface area contributed by atoms with E-state index < -0.39 is 59.6 Å². The molecule has 1 aromatic heterocycles. The molecule has 1 aromatic rings. The number of aliphatic hydroxyl groups excluding tert-OH is 1. The lowest BCUT2D eigenvalue weighted by Gasteiger charge is -2.25. The topological polar surface area (TPSA) is 227 Å². The summed E-state index contributed by atoms with van der Waals surface area (Å²) in [4.78, 5) is 49.4. The van der Waals surface area contributed by atoms with E-state index in [2.05, 4.69) is 35.1 Å². The predicted octanol–water partition coefficient (Wildman–Crippen LogP) is 0.146. The lowest BCUT2D eigenvalue weighted by atomic mass is 9.96. The van der Waals surface area contributed by atoms with Crippen molar-refractivity contribution in [1.82, 2.24) is 9.55 Å². The van der Waals surface area contributed by atoms with Crippen LogP contribution in [-0.4, -0.2) is 58.5 Å². The van der Waals surface area contributed by atoms with Gasteiger partial charge in [-0.05, 0) is 6.07 Å². The Morgan fingerprint density at radius 1 is 1.25 bits per heavy atom. The predicted molar refractivity (Wildman–Crippen MR) is 98.3 cm³/mol. The number of phosphoric ester groups is 1. The molecule has 1 aliphatic rings. The normalized spacial score (nSPS) is 32.1. The number of hydrogen-bond acceptors (Lipinski definition) is 10. The fraction of sp³-hybridized carbons (Fsp3) is 0.455. The van der Waals surface area contributed by atoms with Gasteiger partial charge in [0.05, 0.1) is 0 Å². The van der Waals surface area contributed by atoms with Crippen LogP contribution in [-0.2, 0) is 31.6 Å². The van der Waals surface area contributed by atoms with Crippen molar-refractivity contribution < 1.29 is 65.0 Å². The molecule has 15 nitrogen and oxygen atoms in total. The molecule has 1 aliphatic heterocycles. The molecule has 0 amide bonds. The number of aliphatic hydroxyl groups is 1. The average molecular weight is 544 g/mol. The second kappa shape index (κ2) is 8.90. The first-order chi connectivity index (χ1) is 14.3. The fourth-order valence-corrected chi connectivity index (χ4v) is 5.57. The van der Waals surface area contributed by atoms with Crippen LogP contribution >= 0.6 is 35.7 Å². The zero-order valence-electron chi connectivity index (χ0n) is 15.0. The summed E-state index contributed by atoms with van der Waals surface area (Å²) in [5.41, 5.74) is -4.58. The van der Waals surface area contributed by atoms with Crippen molar-refractivity contribution in [1.29, 1.82) is 0 Å². The van der Waals surface area contributed by atoms with Crippen molar-refractivity contribution in [3.8, 4) is 12.3 Å². The molecule has 180 valence electrons. The summed E-state index contributed by atoms with van der Waals surface area (Å²) < 4.78 is 79.7. The van der Waals surface area contributed by atoms with E-state index in [9.17, 15) is 28.5 Å². The largest absolute Gasteiger partial charge is 0.490 e. The molecule has 1 fully saturated rings. The summed E-state index contributed by atoms with van der Waals surface area (Å²) >= 11 is 4.68. The lowest BCUT2D eigenvalue weighted by molar-refractivity contribution is -0.204. The Morgan fingerprint density at radius 2 is 1.84 bits per heavy atom. The number of aromatic amines is 1. The summed E-state index contributed by atoms with van der Waals surface area (Å²) in [6.45, 7) is -1.89. The van der Waals surface area contributed by atoms with E-state index in [4.69, 9.17) is 21.1 Å². The van der Waals surface area contributed by atoms with Crippen LogP contribution in [0.25, 0.3) is 0 Å². The third-order valence-corrected chi connectivity index (χ3v) is 7.66. The van der Waals surface area contributed by atoms with Crippen LogP contribution in [0.4, 0.5) is 8.78 Å². The van der Waals surface area contributed by atoms with Crippen LogP contribution in [0.1, 0.15) is 6.23 Å². The van der Waals surface area contributed by atoms with E-state index in [0.717, 1.165) is 12.3 Å². The number of alkyl halides is 2. The highest BCUT2D eigenvalue weighted by atomic mass is 32.1. The smallest absolute Gasteiger partial charge is 0.383 e. The molecule has 21 heteroatoms. The molecule has 0 spiro atoms. The van der Waals surface area contributed by atoms with Gasteiger partial charge in [0.1, 0.15) is 11.2 Å². The molecule has 2 rings (SSSR count). The van der Waals surface area contributed by atoms with E-state index >= 15 is 8.78 Å². The Balaban J connectivity index is 2.28. The highest BCUT2D eigenvalue weighted by Crippen LogP contribution is 2.66. The van der Waals surface area contributed by atoms with Gasteiger partial charge in [-0.2, -0.15) is 8.62 Å². The van der Waals surface area contributed by atoms with Crippen LogP contribution in [0.3, 0.4) is 0 Å². The first kappa shape index (κ1) is 27.1. The molecule has 0 saturated carbocycles. The average Bonchev–Trinajstić information content (AvgIpc) is 2.80. The Bertz CT molecular complexity index is 1190. The van der Waals surface area contributed by atoms with E-state index in [1.165, 1.54) is 5.92 Å². The third kappa shape index (κ3) is 6.04. The first-order valence-corrected chi connectivity index (χ1v) is 12.6. The quantitative estimate of drug-likeness (QED) is 0.145. The molecule has 0 radical (unpaired) electrons. The zero-order valence-corrected chi connectivity index (χ0v) is 18.5. The number of H-pyrrole nitrogens is 1. The van der Waals surface area contributed by atoms with Gasteiger partial charge in [-0.15, -0.1) is 6.42 Å². The summed E-state index contributed by atoms with van der Waals surface area (Å²) in [5, 5.41) is 10.0. The number of rotatable bonds is 8. The van der Waals surface area contributed by atoms with Gasteiger partial charge in [0.15, 0.2) is 12.3 Å². The van der Waals surface area contributed by atoms with E-state index in [1.54, 1.807) is 0 Å². The number of phosphoric acid groups is 3. The monoisotopic (exact) mass is 544 g/mol. The maximum Gasteiger partial charge on any atom is 0.490 e. The van der Waals surface area contributed by atoms with Gasteiger partial charge in [0, 0.05) is 6.20 Å². The van der Waals surface area contributed by atoms with E-state index in [1.807, 2.05) is 0 Å². The minimum absolute atomic E-state index is 0.103. The summed E-state index contributed by atoms with van der Waals surface area (Å²) in [5.74, 6) is -2.34. The number of nitrogens with zero attached hydrogens (tertiary/aromatic N) is 1. The molecule has 32 heavy (non-hydrogen) atoms. The molecule has 6 atom stereocenters. The van der Waals surface area contributed by atoms with Gasteiger partial charge in [-0.1, -0.05) is 18.1 Å². The fourth-order valence-electron chi connectivity index (χ4n) is 2.39. The SMILES string of the molecule is C#CC1(F)[C@@H](O)[C@@](F)(COP(=O)(O)OP(=O)(O)OP(=O)(O)O)O[C@H]1n1ccc(=S)[nH]c1=O. The Morgan fingerprint density at radius 3 is 2.34 bits per heavy atom. The molecular weight excluding hydrogens is 531 g/mol. The molecule has 0 bridgehead atoms. The van der Waals surface area contributed by atoms with Crippen LogP contribution < -0.4 is 5.69 Å². The maximum absolute atomic E-state index is 15.2. The number of aromatic nitrogens is 2. The van der Waals surface area contributed by atoms with Crippen LogP contribution in [0.15, 0.2) is 17.1 Å². The van der Waals surface area contributed by atoms with E-state index in [-0.39, 0.29) is 4.64 Å². The molecule has 6 N–H and O–H groups in total. The van der Waals surface area contributed by atoms with Gasteiger partial charge in [0.25, 0.3) is 5.85 Å². The van der Waals surface area contributed by atoms with Crippen molar-refractivity contribution in [3.05, 3.63) is 27.4 Å². The van der Waals surface area contributed by atoms with Crippen LogP contribution in [0.2, 0.25) is 0 Å². The van der Waals surface area contributed by atoms with Gasteiger partial charge in [0.2, 0.25) is 5.67 Å². The maximum atomic E-state index is 15.2. The van der Waals surface area contributed by atoms with Crippen molar-refractivity contribution in [2.24, 2.45) is 0 Å². The van der Waals surface area contributed by atoms with Crippen molar-refractivity contribution in [2.45, 2.75) is 23.9 Å². The molecular formula is C11H13F2N2O13P3S. The second-order valence-electron chi connectivity index (χ2n) is 5.95. The number of nitrogens with one attached hydrogen (secondary N) is 1. The number of terminal acetylenes is 1. The summed E-state index contributed by atoms with van der Waals surface area (Å²) in [6, 6.07) is 1.06. The molecule has 3 unspecified atom stereocenters. The Labute approximate surface area is 181 Å². The van der Waals surface area contributed by atoms with Crippen molar-refractivity contribution >= 4 is 35.7 Å². The number of halogens is 2. The molecule has 2 heterocycles. The Hall–Kier alpha value is -1.15. The minimum Gasteiger partial charge on any atom is -0.383 e. The number of hydrogen-bond donors (Lipinski definition) is 6.